The van der Waals surface area contributed by atoms with Gasteiger partial charge in [-0.1, -0.05) is 44.2 Å². The van der Waals surface area contributed by atoms with Gasteiger partial charge in [0.2, 0.25) is 5.91 Å². The fourth-order valence-electron chi connectivity index (χ4n) is 3.67. The highest BCUT2D eigenvalue weighted by Crippen LogP contribution is 2.39. The summed E-state index contributed by atoms with van der Waals surface area (Å²) < 4.78 is 11.5. The number of anilines is 3. The predicted molar refractivity (Wildman–Crippen MR) is 152 cm³/mol. The number of ether oxygens (including phenoxy) is 2. The molecule has 200 valence electrons. The topological polar surface area (TPSA) is 123 Å². The van der Waals surface area contributed by atoms with E-state index >= 15 is 0 Å². The summed E-state index contributed by atoms with van der Waals surface area (Å²) in [6.45, 7) is 3.73. The lowest BCUT2D eigenvalue weighted by atomic mass is 9.82. The Labute approximate surface area is 227 Å². The Balaban J connectivity index is 1.83. The lowest BCUT2D eigenvalue weighted by Gasteiger charge is -2.32. The van der Waals surface area contributed by atoms with E-state index in [1.165, 1.54) is 6.08 Å². The van der Waals surface area contributed by atoms with Gasteiger partial charge in [0.1, 0.15) is 18.5 Å². The molecule has 1 atom stereocenters. The van der Waals surface area contributed by atoms with Crippen LogP contribution in [0.1, 0.15) is 25.5 Å². The molecule has 0 fully saturated rings. The van der Waals surface area contributed by atoms with Crippen molar-refractivity contribution in [1.82, 2.24) is 0 Å². The van der Waals surface area contributed by atoms with Gasteiger partial charge in [-0.25, -0.2) is 4.79 Å². The summed E-state index contributed by atoms with van der Waals surface area (Å²) in [5.74, 6) is 0.156. The van der Waals surface area contributed by atoms with Crippen LogP contribution in [0.4, 0.5) is 21.9 Å². The van der Waals surface area contributed by atoms with Crippen molar-refractivity contribution in [3.05, 3.63) is 90.5 Å². The van der Waals surface area contributed by atoms with E-state index in [4.69, 9.17) is 20.3 Å². The van der Waals surface area contributed by atoms with E-state index in [1.807, 2.05) is 38.3 Å². The average Bonchev–Trinajstić information content (AvgIpc) is 2.91. The van der Waals surface area contributed by atoms with Crippen molar-refractivity contribution in [2.24, 2.45) is 5.41 Å². The minimum Gasteiger partial charge on any atom is -0.491 e. The van der Waals surface area contributed by atoms with E-state index in [0.717, 1.165) is 4.90 Å². The molecule has 0 heterocycles. The van der Waals surface area contributed by atoms with Gasteiger partial charge in [-0.15, -0.1) is 11.8 Å². The van der Waals surface area contributed by atoms with Crippen molar-refractivity contribution in [2.45, 2.75) is 24.8 Å². The van der Waals surface area contributed by atoms with E-state index in [0.29, 0.717) is 28.4 Å². The molecule has 0 aromatic heterocycles. The number of carbonyl (C=O) groups excluding carboxylic acids is 2. The van der Waals surface area contributed by atoms with Crippen LogP contribution in [0.2, 0.25) is 0 Å². The molecule has 38 heavy (non-hydrogen) atoms. The Bertz CT molecular complexity index is 1260. The number of aliphatic hydroxyl groups is 1. The normalized spacial score (nSPS) is 12.1. The largest absolute Gasteiger partial charge is 0.491 e. The Morgan fingerprint density at radius 1 is 1.05 bits per heavy atom. The number of amides is 2. The number of hydrogen-bond donors (Lipinski definition) is 4. The van der Waals surface area contributed by atoms with Crippen molar-refractivity contribution in [3.63, 3.8) is 0 Å². The Kier molecular flexibility index (Phi) is 10.2. The van der Waals surface area contributed by atoms with Crippen LogP contribution in [0.5, 0.6) is 5.75 Å². The standard InChI is InChI=1S/C29H33N3O5S/c1-29(2,16-15-26(34)32-25-10-5-4-9-24(25)30)27(20-7-6-8-22(19-20)36-18-17-33)37-28(35)31-21-11-13-23(38-3)14-12-21/h4-16,19,27,33H,17-18,30H2,1-3H3,(H,31,35)(H,32,34)/b16-15+/t27-/m0/s1. The van der Waals surface area contributed by atoms with E-state index in [-0.39, 0.29) is 19.1 Å². The van der Waals surface area contributed by atoms with Crippen molar-refractivity contribution in [2.75, 3.05) is 35.8 Å². The Morgan fingerprint density at radius 3 is 2.47 bits per heavy atom. The molecule has 0 saturated carbocycles. The number of thioether (sulfide) groups is 1. The second-order valence-electron chi connectivity index (χ2n) is 9.01. The highest BCUT2D eigenvalue weighted by molar-refractivity contribution is 7.98. The summed E-state index contributed by atoms with van der Waals surface area (Å²) in [5, 5.41) is 14.6. The Hall–Kier alpha value is -3.95. The van der Waals surface area contributed by atoms with Gasteiger partial charge < -0.3 is 25.6 Å². The third-order valence-electron chi connectivity index (χ3n) is 5.64. The summed E-state index contributed by atoms with van der Waals surface area (Å²) in [5.41, 5.74) is 7.34. The third-order valence-corrected chi connectivity index (χ3v) is 6.38. The van der Waals surface area contributed by atoms with E-state index in [1.54, 1.807) is 72.4 Å². The second kappa shape index (κ2) is 13.6. The molecule has 8 nitrogen and oxygen atoms in total. The average molecular weight is 536 g/mol. The highest BCUT2D eigenvalue weighted by Gasteiger charge is 2.33. The Morgan fingerprint density at radius 2 is 1.79 bits per heavy atom. The van der Waals surface area contributed by atoms with E-state index < -0.39 is 17.6 Å². The van der Waals surface area contributed by atoms with Gasteiger partial charge in [0.05, 0.1) is 18.0 Å². The van der Waals surface area contributed by atoms with Gasteiger partial charge in [-0.05, 0) is 66.4 Å². The van der Waals surface area contributed by atoms with E-state index in [9.17, 15) is 9.59 Å². The van der Waals surface area contributed by atoms with Gasteiger partial charge in [0.15, 0.2) is 0 Å². The summed E-state index contributed by atoms with van der Waals surface area (Å²) in [6.07, 6.45) is 3.64. The highest BCUT2D eigenvalue weighted by atomic mass is 32.2. The molecule has 0 bridgehead atoms. The van der Waals surface area contributed by atoms with E-state index in [2.05, 4.69) is 10.6 Å². The van der Waals surface area contributed by atoms with Crippen molar-refractivity contribution < 1.29 is 24.2 Å². The quantitative estimate of drug-likeness (QED) is 0.137. The fraction of sp³-hybridized carbons (Fsp3) is 0.241. The first-order chi connectivity index (χ1) is 18.2. The molecule has 5 N–H and O–H groups in total. The number of para-hydroxylation sites is 2. The molecule has 0 aliphatic carbocycles. The first-order valence-corrected chi connectivity index (χ1v) is 13.2. The SMILES string of the molecule is CSc1ccc(NC(=O)O[C@@H](c2cccc(OCCO)c2)C(C)(C)/C=C/C(=O)Nc2ccccc2N)cc1. The predicted octanol–water partition coefficient (Wildman–Crippen LogP) is 5.87. The maximum atomic E-state index is 13.0. The first kappa shape index (κ1) is 28.6. The number of rotatable bonds is 11. The van der Waals surface area contributed by atoms with Crippen LogP contribution in [0.15, 0.2) is 89.8 Å². The monoisotopic (exact) mass is 535 g/mol. The van der Waals surface area contributed by atoms with Crippen LogP contribution in [-0.2, 0) is 9.53 Å². The van der Waals surface area contributed by atoms with Crippen LogP contribution in [0, 0.1) is 5.41 Å². The second-order valence-corrected chi connectivity index (χ2v) is 9.89. The molecule has 0 spiro atoms. The number of hydrogen-bond acceptors (Lipinski definition) is 7. The van der Waals surface area contributed by atoms with Crippen molar-refractivity contribution in [3.8, 4) is 5.75 Å². The molecule has 0 saturated heterocycles. The number of nitrogen functional groups attached to an aromatic ring is 1. The maximum absolute atomic E-state index is 13.0. The van der Waals surface area contributed by atoms with Crippen molar-refractivity contribution in [1.29, 1.82) is 0 Å². The molecule has 2 amide bonds. The number of benzene rings is 3. The number of nitrogens with one attached hydrogen (secondary N) is 2. The molecule has 3 rings (SSSR count). The van der Waals surface area contributed by atoms with Gasteiger partial charge in [0, 0.05) is 16.0 Å². The molecule has 3 aromatic rings. The zero-order chi connectivity index (χ0) is 27.5. The molecule has 0 radical (unpaired) electrons. The number of carbonyl (C=O) groups is 2. The van der Waals surface area contributed by atoms with Crippen LogP contribution in [0.3, 0.4) is 0 Å². The van der Waals surface area contributed by atoms with Gasteiger partial charge in [-0.3, -0.25) is 10.1 Å². The van der Waals surface area contributed by atoms with Crippen LogP contribution < -0.4 is 21.1 Å². The van der Waals surface area contributed by atoms with Crippen LogP contribution in [0.25, 0.3) is 0 Å². The minimum atomic E-state index is -0.810. The van der Waals surface area contributed by atoms with Gasteiger partial charge in [-0.2, -0.15) is 0 Å². The first-order valence-electron chi connectivity index (χ1n) is 12.0. The van der Waals surface area contributed by atoms with Crippen molar-refractivity contribution >= 4 is 40.8 Å². The zero-order valence-corrected chi connectivity index (χ0v) is 22.5. The molecule has 0 aliphatic heterocycles. The lowest BCUT2D eigenvalue weighted by molar-refractivity contribution is -0.112. The molecular formula is C29H33N3O5S. The van der Waals surface area contributed by atoms with Crippen LogP contribution in [-0.4, -0.2) is 36.6 Å². The summed E-state index contributed by atoms with van der Waals surface area (Å²) in [6, 6.07) is 21.5. The van der Waals surface area contributed by atoms with Crippen LogP contribution >= 0.6 is 11.8 Å². The molecule has 3 aromatic carbocycles. The van der Waals surface area contributed by atoms with Gasteiger partial charge >= 0.3 is 6.09 Å². The summed E-state index contributed by atoms with van der Waals surface area (Å²) in [4.78, 5) is 26.7. The molecule has 0 unspecified atom stereocenters. The summed E-state index contributed by atoms with van der Waals surface area (Å²) >= 11 is 1.60. The lowest BCUT2D eigenvalue weighted by Crippen LogP contribution is -2.28. The molecule has 0 aliphatic rings. The number of nitrogens with two attached hydrogens (primary N) is 1. The molecule has 9 heteroatoms. The smallest absolute Gasteiger partial charge is 0.412 e. The minimum absolute atomic E-state index is 0.128. The van der Waals surface area contributed by atoms with Gasteiger partial charge in [0.25, 0.3) is 0 Å². The number of aliphatic hydroxyl groups excluding tert-OH is 1. The zero-order valence-electron chi connectivity index (χ0n) is 21.6. The maximum Gasteiger partial charge on any atom is 0.412 e. The summed E-state index contributed by atoms with van der Waals surface area (Å²) in [7, 11) is 0. The third kappa shape index (κ3) is 8.29. The molecular weight excluding hydrogens is 502 g/mol. The fourth-order valence-corrected chi connectivity index (χ4v) is 4.08.